The fourth-order valence-corrected chi connectivity index (χ4v) is 3.83. The molecule has 7 heteroatoms. The second-order valence-electron chi connectivity index (χ2n) is 7.53. The first-order chi connectivity index (χ1) is 12.2. The van der Waals surface area contributed by atoms with Crippen LogP contribution in [0.2, 0.25) is 0 Å². The molecule has 1 spiro atoms. The van der Waals surface area contributed by atoms with E-state index in [4.69, 9.17) is 5.73 Å². The lowest BCUT2D eigenvalue weighted by Crippen LogP contribution is -2.69. The van der Waals surface area contributed by atoms with Crippen molar-refractivity contribution in [2.75, 3.05) is 19.6 Å². The maximum atomic E-state index is 13.3. The summed E-state index contributed by atoms with van der Waals surface area (Å²) in [6.45, 7) is 6.75. The highest BCUT2D eigenvalue weighted by molar-refractivity contribution is 5.99. The molecule has 2 aliphatic heterocycles. The van der Waals surface area contributed by atoms with Crippen LogP contribution in [-0.2, 0) is 16.1 Å². The number of primary amides is 1. The fraction of sp³-hybridized carbons (Fsp3) is 0.526. The second kappa shape index (κ2) is 6.63. The number of aryl methyl sites for hydroxylation is 1. The summed E-state index contributed by atoms with van der Waals surface area (Å²) in [6.07, 6.45) is 0.412. The van der Waals surface area contributed by atoms with Gasteiger partial charge in [-0.2, -0.15) is 0 Å². The van der Waals surface area contributed by atoms with Gasteiger partial charge in [0.25, 0.3) is 5.91 Å². The number of benzene rings is 1. The molecule has 0 saturated carbocycles. The molecule has 26 heavy (non-hydrogen) atoms. The van der Waals surface area contributed by atoms with Crippen LogP contribution in [0, 0.1) is 6.92 Å². The third-order valence-corrected chi connectivity index (χ3v) is 5.43. The monoisotopic (exact) mass is 358 g/mol. The summed E-state index contributed by atoms with van der Waals surface area (Å²) in [7, 11) is 0. The number of amides is 4. The van der Waals surface area contributed by atoms with Crippen LogP contribution in [0.5, 0.6) is 0 Å². The van der Waals surface area contributed by atoms with Gasteiger partial charge >= 0.3 is 6.03 Å². The lowest BCUT2D eigenvalue weighted by molar-refractivity contribution is -0.166. The molecule has 3 rings (SSSR count). The Morgan fingerprint density at radius 2 is 1.88 bits per heavy atom. The number of carbonyl (C=O) groups excluding carboxylic acids is 3. The first-order valence-corrected chi connectivity index (χ1v) is 8.96. The van der Waals surface area contributed by atoms with Gasteiger partial charge in [0.15, 0.2) is 0 Å². The number of likely N-dealkylation sites (tertiary alicyclic amines) is 1. The zero-order valence-corrected chi connectivity index (χ0v) is 15.6. The topological polar surface area (TPSA) is 87.0 Å². The molecule has 1 atom stereocenters. The molecule has 0 aromatic heterocycles. The molecule has 0 radical (unpaired) electrons. The van der Waals surface area contributed by atoms with Crippen molar-refractivity contribution in [3.05, 3.63) is 35.4 Å². The molecular formula is C19H26N4O3. The molecule has 2 aliphatic rings. The van der Waals surface area contributed by atoms with Gasteiger partial charge in [-0.15, -0.1) is 0 Å². The number of hydrogen-bond donors (Lipinski definition) is 1. The SMILES string of the molecule is Cc1ccc(CN2C(=O)CN(C(C)C)C(=O)C23CCN(C(N)=O)C3)cc1. The molecule has 1 unspecified atom stereocenters. The van der Waals surface area contributed by atoms with Gasteiger partial charge in [0.1, 0.15) is 12.1 Å². The molecule has 2 fully saturated rings. The molecule has 2 heterocycles. The summed E-state index contributed by atoms with van der Waals surface area (Å²) in [6, 6.07) is 7.28. The molecule has 2 N–H and O–H groups in total. The highest BCUT2D eigenvalue weighted by Crippen LogP contribution is 2.35. The van der Waals surface area contributed by atoms with Gasteiger partial charge in [0.2, 0.25) is 5.91 Å². The van der Waals surface area contributed by atoms with Gasteiger partial charge in [-0.25, -0.2) is 4.79 Å². The van der Waals surface area contributed by atoms with Crippen LogP contribution in [0.15, 0.2) is 24.3 Å². The number of rotatable bonds is 3. The van der Waals surface area contributed by atoms with E-state index in [2.05, 4.69) is 0 Å². The van der Waals surface area contributed by atoms with E-state index in [0.717, 1.165) is 11.1 Å². The van der Waals surface area contributed by atoms with Crippen molar-refractivity contribution in [2.24, 2.45) is 5.73 Å². The highest BCUT2D eigenvalue weighted by atomic mass is 16.2. The maximum Gasteiger partial charge on any atom is 0.314 e. The lowest BCUT2D eigenvalue weighted by atomic mass is 9.89. The zero-order chi connectivity index (χ0) is 19.1. The van der Waals surface area contributed by atoms with E-state index in [1.54, 1.807) is 9.80 Å². The summed E-state index contributed by atoms with van der Waals surface area (Å²) in [5, 5.41) is 0. The Hall–Kier alpha value is -2.57. The number of carbonyl (C=O) groups is 3. The average molecular weight is 358 g/mol. The van der Waals surface area contributed by atoms with Crippen LogP contribution in [-0.4, -0.2) is 63.8 Å². The number of urea groups is 1. The first kappa shape index (κ1) is 18.2. The van der Waals surface area contributed by atoms with Crippen molar-refractivity contribution in [1.82, 2.24) is 14.7 Å². The van der Waals surface area contributed by atoms with Crippen LogP contribution >= 0.6 is 0 Å². The van der Waals surface area contributed by atoms with E-state index in [1.165, 1.54) is 4.90 Å². The number of piperazine rings is 1. The van der Waals surface area contributed by atoms with E-state index in [0.29, 0.717) is 19.5 Å². The summed E-state index contributed by atoms with van der Waals surface area (Å²) in [4.78, 5) is 42.6. The van der Waals surface area contributed by atoms with E-state index in [-0.39, 0.29) is 30.9 Å². The molecular weight excluding hydrogens is 332 g/mol. The predicted molar refractivity (Wildman–Crippen MR) is 97.1 cm³/mol. The Labute approximate surface area is 153 Å². The van der Waals surface area contributed by atoms with Crippen LogP contribution in [0.3, 0.4) is 0 Å². The number of nitrogens with two attached hydrogens (primary N) is 1. The summed E-state index contributed by atoms with van der Waals surface area (Å²) in [5.74, 6) is -0.187. The van der Waals surface area contributed by atoms with Gasteiger partial charge in [-0.3, -0.25) is 9.59 Å². The second-order valence-corrected chi connectivity index (χ2v) is 7.53. The number of hydrogen-bond acceptors (Lipinski definition) is 3. The lowest BCUT2D eigenvalue weighted by Gasteiger charge is -2.48. The molecule has 0 aliphatic carbocycles. The Bertz CT molecular complexity index is 731. The standard InChI is InChI=1S/C19H26N4O3/c1-13(2)22-11-16(24)23(10-15-6-4-14(3)5-7-15)19(17(22)25)8-9-21(12-19)18(20)26/h4-7,13H,8-12H2,1-3H3,(H2,20,26). The molecule has 1 aromatic carbocycles. The van der Waals surface area contributed by atoms with E-state index < -0.39 is 11.6 Å². The molecule has 4 amide bonds. The van der Waals surface area contributed by atoms with Gasteiger partial charge in [-0.1, -0.05) is 29.8 Å². The Morgan fingerprint density at radius 3 is 2.42 bits per heavy atom. The van der Waals surface area contributed by atoms with Gasteiger partial charge < -0.3 is 20.4 Å². The molecule has 1 aromatic rings. The summed E-state index contributed by atoms with van der Waals surface area (Å²) in [5.41, 5.74) is 6.51. The molecule has 2 saturated heterocycles. The Kier molecular flexibility index (Phi) is 4.64. The first-order valence-electron chi connectivity index (χ1n) is 8.96. The average Bonchev–Trinajstić information content (AvgIpc) is 3.03. The van der Waals surface area contributed by atoms with E-state index in [9.17, 15) is 14.4 Å². The van der Waals surface area contributed by atoms with E-state index in [1.807, 2.05) is 45.0 Å². The minimum atomic E-state index is -1.03. The van der Waals surface area contributed by atoms with Gasteiger partial charge in [0.05, 0.1) is 6.54 Å². The van der Waals surface area contributed by atoms with Crippen LogP contribution in [0.1, 0.15) is 31.4 Å². The van der Waals surface area contributed by atoms with Crippen molar-refractivity contribution in [3.8, 4) is 0 Å². The third kappa shape index (κ3) is 3.02. The fourth-order valence-electron chi connectivity index (χ4n) is 3.83. The predicted octanol–water partition coefficient (Wildman–Crippen LogP) is 1.10. The van der Waals surface area contributed by atoms with Crippen molar-refractivity contribution < 1.29 is 14.4 Å². The quantitative estimate of drug-likeness (QED) is 0.878. The minimum absolute atomic E-state index is 0.0701. The van der Waals surface area contributed by atoms with Crippen molar-refractivity contribution in [3.63, 3.8) is 0 Å². The third-order valence-electron chi connectivity index (χ3n) is 5.43. The van der Waals surface area contributed by atoms with Crippen LogP contribution in [0.4, 0.5) is 4.79 Å². The van der Waals surface area contributed by atoms with E-state index >= 15 is 0 Å². The largest absolute Gasteiger partial charge is 0.351 e. The van der Waals surface area contributed by atoms with Crippen LogP contribution in [0.25, 0.3) is 0 Å². The van der Waals surface area contributed by atoms with Gasteiger partial charge in [-0.05, 0) is 32.8 Å². The van der Waals surface area contributed by atoms with Crippen molar-refractivity contribution in [2.45, 2.75) is 45.3 Å². The minimum Gasteiger partial charge on any atom is -0.351 e. The highest BCUT2D eigenvalue weighted by Gasteiger charge is 2.56. The zero-order valence-electron chi connectivity index (χ0n) is 15.6. The Morgan fingerprint density at radius 1 is 1.23 bits per heavy atom. The molecule has 7 nitrogen and oxygen atoms in total. The van der Waals surface area contributed by atoms with Crippen molar-refractivity contribution in [1.29, 1.82) is 0 Å². The summed E-state index contributed by atoms with van der Waals surface area (Å²) < 4.78 is 0. The van der Waals surface area contributed by atoms with Crippen LogP contribution < -0.4 is 5.73 Å². The Balaban J connectivity index is 1.97. The molecule has 140 valence electrons. The van der Waals surface area contributed by atoms with Crippen molar-refractivity contribution >= 4 is 17.8 Å². The maximum absolute atomic E-state index is 13.3. The smallest absolute Gasteiger partial charge is 0.314 e. The van der Waals surface area contributed by atoms with Gasteiger partial charge in [0, 0.05) is 19.1 Å². The molecule has 0 bridgehead atoms. The normalized spacial score (nSPS) is 23.5. The number of nitrogens with zero attached hydrogens (tertiary/aromatic N) is 3. The summed E-state index contributed by atoms with van der Waals surface area (Å²) >= 11 is 0.